The van der Waals surface area contributed by atoms with Crippen molar-refractivity contribution >= 4 is 28.4 Å². The zero-order chi connectivity index (χ0) is 15.5. The Hall–Kier alpha value is -2.33. The van der Waals surface area contributed by atoms with Crippen molar-refractivity contribution in [3.63, 3.8) is 0 Å². The van der Waals surface area contributed by atoms with Crippen molar-refractivity contribution in [2.45, 2.75) is 19.4 Å². The number of para-hydroxylation sites is 1. The molecule has 0 bridgehead atoms. The Labute approximate surface area is 133 Å². The molecular weight excluding hydrogens is 298 g/mol. The molecule has 5 heteroatoms. The monoisotopic (exact) mass is 313 g/mol. The highest BCUT2D eigenvalue weighted by Gasteiger charge is 2.16. The van der Waals surface area contributed by atoms with E-state index in [0.29, 0.717) is 10.6 Å². The molecule has 0 aliphatic heterocycles. The first-order valence-corrected chi connectivity index (χ1v) is 7.55. The van der Waals surface area contributed by atoms with Crippen LogP contribution in [-0.4, -0.2) is 16.1 Å². The average Bonchev–Trinajstić information content (AvgIpc) is 3.01. The molecule has 0 spiro atoms. The van der Waals surface area contributed by atoms with Gasteiger partial charge < -0.3 is 5.32 Å². The second-order valence-corrected chi connectivity index (χ2v) is 5.56. The fourth-order valence-electron chi connectivity index (χ4n) is 2.51. The zero-order valence-electron chi connectivity index (χ0n) is 12.1. The summed E-state index contributed by atoms with van der Waals surface area (Å²) in [5.74, 6) is -0.114. The number of fused-ring (bicyclic) bond motifs is 1. The minimum absolute atomic E-state index is 0.0528. The molecule has 0 fully saturated rings. The van der Waals surface area contributed by atoms with Crippen LogP contribution in [0.15, 0.2) is 48.7 Å². The van der Waals surface area contributed by atoms with Crippen LogP contribution < -0.4 is 5.32 Å². The Bertz CT molecular complexity index is 795. The molecule has 112 valence electrons. The number of carbonyl (C=O) groups is 1. The van der Waals surface area contributed by atoms with Crippen molar-refractivity contribution in [2.24, 2.45) is 0 Å². The first-order chi connectivity index (χ1) is 10.7. The molecule has 3 rings (SSSR count). The van der Waals surface area contributed by atoms with Crippen molar-refractivity contribution < 1.29 is 4.79 Å². The predicted molar refractivity (Wildman–Crippen MR) is 88.0 cm³/mol. The number of hydrogen-bond donors (Lipinski definition) is 2. The summed E-state index contributed by atoms with van der Waals surface area (Å²) in [5.41, 5.74) is 2.39. The third-order valence-corrected chi connectivity index (χ3v) is 3.96. The van der Waals surface area contributed by atoms with Gasteiger partial charge in [-0.25, -0.2) is 0 Å². The lowest BCUT2D eigenvalue weighted by Gasteiger charge is -2.18. The number of aromatic amines is 1. The number of aromatic nitrogens is 2. The molecular formula is C17H16ClN3O. The van der Waals surface area contributed by atoms with E-state index in [2.05, 4.69) is 15.5 Å². The van der Waals surface area contributed by atoms with Crippen LogP contribution in [0.25, 0.3) is 10.9 Å². The first kappa shape index (κ1) is 14.6. The van der Waals surface area contributed by atoms with Crippen molar-refractivity contribution in [3.8, 4) is 0 Å². The standard InChI is InChI=1S/C17H16ClN3O/c1-2-15(11-6-8-13(18)9-7-11)20-17(22)14-5-3-4-12-10-19-21-16(12)14/h3-10,15H,2H2,1H3,(H,19,21)(H,20,22). The van der Waals surface area contributed by atoms with Gasteiger partial charge in [0.2, 0.25) is 0 Å². The van der Waals surface area contributed by atoms with Crippen LogP contribution in [0.4, 0.5) is 0 Å². The highest BCUT2D eigenvalue weighted by molar-refractivity contribution is 6.30. The van der Waals surface area contributed by atoms with E-state index >= 15 is 0 Å². The maximum atomic E-state index is 12.6. The van der Waals surface area contributed by atoms with Crippen LogP contribution in [0, 0.1) is 0 Å². The van der Waals surface area contributed by atoms with Gasteiger partial charge >= 0.3 is 0 Å². The Morgan fingerprint density at radius 3 is 2.77 bits per heavy atom. The molecule has 2 aromatic carbocycles. The number of amides is 1. The third-order valence-electron chi connectivity index (χ3n) is 3.71. The summed E-state index contributed by atoms with van der Waals surface area (Å²) in [5, 5.41) is 11.6. The second kappa shape index (κ2) is 6.20. The van der Waals surface area contributed by atoms with Gasteiger partial charge in [0, 0.05) is 10.4 Å². The maximum absolute atomic E-state index is 12.6. The number of carbonyl (C=O) groups excluding carboxylic acids is 1. The molecule has 0 saturated carbocycles. The summed E-state index contributed by atoms with van der Waals surface area (Å²) in [7, 11) is 0. The molecule has 22 heavy (non-hydrogen) atoms. The van der Waals surface area contributed by atoms with Crippen LogP contribution in [0.5, 0.6) is 0 Å². The van der Waals surface area contributed by atoms with Gasteiger partial charge in [0.1, 0.15) is 0 Å². The lowest BCUT2D eigenvalue weighted by atomic mass is 10.0. The largest absolute Gasteiger partial charge is 0.345 e. The highest BCUT2D eigenvalue weighted by atomic mass is 35.5. The quantitative estimate of drug-likeness (QED) is 0.762. The number of hydrogen-bond acceptors (Lipinski definition) is 2. The minimum Gasteiger partial charge on any atom is -0.345 e. The zero-order valence-corrected chi connectivity index (χ0v) is 12.9. The summed E-state index contributed by atoms with van der Waals surface area (Å²) in [6.07, 6.45) is 2.51. The molecule has 1 amide bonds. The summed E-state index contributed by atoms with van der Waals surface area (Å²) in [4.78, 5) is 12.6. The molecule has 1 heterocycles. The first-order valence-electron chi connectivity index (χ1n) is 7.17. The summed E-state index contributed by atoms with van der Waals surface area (Å²) in [6, 6.07) is 13.1. The van der Waals surface area contributed by atoms with Crippen LogP contribution >= 0.6 is 11.6 Å². The Morgan fingerprint density at radius 2 is 2.05 bits per heavy atom. The van der Waals surface area contributed by atoms with E-state index in [-0.39, 0.29) is 11.9 Å². The van der Waals surface area contributed by atoms with E-state index in [4.69, 9.17) is 11.6 Å². The van der Waals surface area contributed by atoms with Gasteiger partial charge in [0.25, 0.3) is 5.91 Å². The number of nitrogens with one attached hydrogen (secondary N) is 2. The SMILES string of the molecule is CCC(NC(=O)c1cccc2cn[nH]c12)c1ccc(Cl)cc1. The number of benzene rings is 2. The van der Waals surface area contributed by atoms with Crippen molar-refractivity contribution in [1.29, 1.82) is 0 Å². The molecule has 2 N–H and O–H groups in total. The summed E-state index contributed by atoms with van der Waals surface area (Å²) < 4.78 is 0. The van der Waals surface area contributed by atoms with Gasteiger partial charge in [-0.1, -0.05) is 42.8 Å². The van der Waals surface area contributed by atoms with Gasteiger partial charge in [-0.2, -0.15) is 5.10 Å². The molecule has 0 radical (unpaired) electrons. The van der Waals surface area contributed by atoms with Gasteiger partial charge in [-0.05, 0) is 30.2 Å². The van der Waals surface area contributed by atoms with Gasteiger partial charge in [-0.15, -0.1) is 0 Å². The van der Waals surface area contributed by atoms with Crippen molar-refractivity contribution in [2.75, 3.05) is 0 Å². The summed E-state index contributed by atoms with van der Waals surface area (Å²) >= 11 is 5.92. The van der Waals surface area contributed by atoms with Gasteiger partial charge in [0.15, 0.2) is 0 Å². The average molecular weight is 314 g/mol. The Balaban J connectivity index is 1.86. The van der Waals surface area contributed by atoms with Crippen LogP contribution in [0.1, 0.15) is 35.3 Å². The second-order valence-electron chi connectivity index (χ2n) is 5.13. The van der Waals surface area contributed by atoms with E-state index in [1.807, 2.05) is 43.3 Å². The molecule has 1 atom stereocenters. The van der Waals surface area contributed by atoms with Crippen molar-refractivity contribution in [1.82, 2.24) is 15.5 Å². The van der Waals surface area contributed by atoms with E-state index in [0.717, 1.165) is 22.9 Å². The Morgan fingerprint density at radius 1 is 1.27 bits per heavy atom. The van der Waals surface area contributed by atoms with Crippen LogP contribution in [0.2, 0.25) is 5.02 Å². The molecule has 1 aromatic heterocycles. The highest BCUT2D eigenvalue weighted by Crippen LogP contribution is 2.21. The number of rotatable bonds is 4. The van der Waals surface area contributed by atoms with E-state index in [1.54, 1.807) is 12.3 Å². The van der Waals surface area contributed by atoms with E-state index in [1.165, 1.54) is 0 Å². The molecule has 4 nitrogen and oxygen atoms in total. The molecule has 1 unspecified atom stereocenters. The van der Waals surface area contributed by atoms with Gasteiger partial charge in [-0.3, -0.25) is 9.89 Å². The molecule has 0 aliphatic rings. The number of H-pyrrole nitrogens is 1. The molecule has 0 saturated heterocycles. The normalized spacial score (nSPS) is 12.3. The maximum Gasteiger partial charge on any atom is 0.253 e. The van der Waals surface area contributed by atoms with Gasteiger partial charge in [0.05, 0.1) is 23.3 Å². The lowest BCUT2D eigenvalue weighted by molar-refractivity contribution is 0.0937. The third kappa shape index (κ3) is 2.83. The number of halogens is 1. The topological polar surface area (TPSA) is 57.8 Å². The van der Waals surface area contributed by atoms with Crippen molar-refractivity contribution in [3.05, 3.63) is 64.8 Å². The lowest BCUT2D eigenvalue weighted by Crippen LogP contribution is -2.28. The minimum atomic E-state index is -0.114. The molecule has 0 aliphatic carbocycles. The fourth-order valence-corrected chi connectivity index (χ4v) is 2.64. The molecule has 3 aromatic rings. The number of nitrogens with zero attached hydrogens (tertiary/aromatic N) is 1. The van der Waals surface area contributed by atoms with E-state index in [9.17, 15) is 4.79 Å². The summed E-state index contributed by atoms with van der Waals surface area (Å²) in [6.45, 7) is 2.04. The Kier molecular flexibility index (Phi) is 4.11. The fraction of sp³-hybridized carbons (Fsp3) is 0.176. The van der Waals surface area contributed by atoms with Crippen LogP contribution in [-0.2, 0) is 0 Å². The van der Waals surface area contributed by atoms with Crippen LogP contribution in [0.3, 0.4) is 0 Å². The van der Waals surface area contributed by atoms with E-state index < -0.39 is 0 Å². The smallest absolute Gasteiger partial charge is 0.253 e. The predicted octanol–water partition coefficient (Wildman–Crippen LogP) is 4.10.